The molecule has 0 unspecified atom stereocenters. The SMILES string of the molecule is COc1cccc([C@@]2(CC(F)(F)F)C(=O)C=C[C@H]2Nc2ccccc2Cl)c1. The maximum absolute atomic E-state index is 13.5. The van der Waals surface area contributed by atoms with Gasteiger partial charge in [-0.05, 0) is 35.9 Å². The number of ketones is 1. The Bertz CT molecular complexity index is 882. The molecular formula is C20H17ClF3NO2. The van der Waals surface area contributed by atoms with Crippen molar-refractivity contribution in [3.05, 3.63) is 71.3 Å². The van der Waals surface area contributed by atoms with Crippen LogP contribution in [0.1, 0.15) is 12.0 Å². The van der Waals surface area contributed by atoms with Gasteiger partial charge >= 0.3 is 6.18 Å². The summed E-state index contributed by atoms with van der Waals surface area (Å²) in [4.78, 5) is 12.8. The third-order valence-electron chi connectivity index (χ3n) is 4.66. The third-order valence-corrected chi connectivity index (χ3v) is 4.99. The number of halogens is 4. The lowest BCUT2D eigenvalue weighted by molar-refractivity contribution is -0.155. The fourth-order valence-corrected chi connectivity index (χ4v) is 3.59. The van der Waals surface area contributed by atoms with Crippen molar-refractivity contribution < 1.29 is 22.7 Å². The molecule has 3 rings (SSSR count). The van der Waals surface area contributed by atoms with Crippen molar-refractivity contribution in [1.82, 2.24) is 0 Å². The molecule has 0 aromatic heterocycles. The number of hydrogen-bond donors (Lipinski definition) is 1. The molecule has 0 spiro atoms. The number of benzene rings is 2. The van der Waals surface area contributed by atoms with Crippen LogP contribution in [0, 0.1) is 0 Å². The molecule has 0 radical (unpaired) electrons. The molecule has 0 saturated heterocycles. The average Bonchev–Trinajstić information content (AvgIpc) is 2.92. The van der Waals surface area contributed by atoms with E-state index in [1.807, 2.05) is 0 Å². The highest BCUT2D eigenvalue weighted by molar-refractivity contribution is 6.33. The molecule has 27 heavy (non-hydrogen) atoms. The zero-order chi connectivity index (χ0) is 19.7. The standard InChI is InChI=1S/C20H17ClF3NO2/c1-27-14-6-4-5-13(11-14)19(12-20(22,23)24)17(9-10-18(19)26)25-16-8-3-2-7-15(16)21/h2-11,17,25H,12H2,1H3/t17-,19-/m1/s1. The second-order valence-corrected chi connectivity index (χ2v) is 6.73. The number of hydrogen-bond acceptors (Lipinski definition) is 3. The van der Waals surface area contributed by atoms with E-state index >= 15 is 0 Å². The maximum atomic E-state index is 13.5. The number of para-hydroxylation sites is 1. The Kier molecular flexibility index (Phi) is 5.20. The topological polar surface area (TPSA) is 38.3 Å². The Morgan fingerprint density at radius 3 is 2.59 bits per heavy atom. The van der Waals surface area contributed by atoms with Crippen molar-refractivity contribution in [2.45, 2.75) is 24.1 Å². The Hall–Kier alpha value is -2.47. The van der Waals surface area contributed by atoms with Crippen molar-refractivity contribution in [3.8, 4) is 5.75 Å². The van der Waals surface area contributed by atoms with Gasteiger partial charge in [-0.2, -0.15) is 13.2 Å². The van der Waals surface area contributed by atoms with E-state index in [2.05, 4.69) is 5.32 Å². The number of methoxy groups -OCH3 is 1. The van der Waals surface area contributed by atoms with Gasteiger partial charge in [0.05, 0.1) is 35.7 Å². The fraction of sp³-hybridized carbons (Fsp3) is 0.250. The zero-order valence-corrected chi connectivity index (χ0v) is 15.1. The molecule has 2 aromatic carbocycles. The van der Waals surface area contributed by atoms with E-state index in [1.165, 1.54) is 31.4 Å². The monoisotopic (exact) mass is 395 g/mol. The Morgan fingerprint density at radius 1 is 1.19 bits per heavy atom. The van der Waals surface area contributed by atoms with Crippen LogP contribution in [0.4, 0.5) is 18.9 Å². The summed E-state index contributed by atoms with van der Waals surface area (Å²) in [6.07, 6.45) is -3.21. The lowest BCUT2D eigenvalue weighted by Crippen LogP contribution is -2.48. The lowest BCUT2D eigenvalue weighted by Gasteiger charge is -2.36. The van der Waals surface area contributed by atoms with Crippen LogP contribution in [0.3, 0.4) is 0 Å². The normalized spacial score (nSPS) is 22.1. The molecule has 1 aliphatic carbocycles. The summed E-state index contributed by atoms with van der Waals surface area (Å²) < 4.78 is 45.7. The summed E-state index contributed by atoms with van der Waals surface area (Å²) in [5.74, 6) is -0.233. The van der Waals surface area contributed by atoms with Gasteiger partial charge in [-0.1, -0.05) is 41.9 Å². The molecule has 1 N–H and O–H groups in total. The molecule has 0 bridgehead atoms. The highest BCUT2D eigenvalue weighted by atomic mass is 35.5. The van der Waals surface area contributed by atoms with Crippen molar-refractivity contribution in [3.63, 3.8) is 0 Å². The van der Waals surface area contributed by atoms with Gasteiger partial charge in [-0.3, -0.25) is 4.79 Å². The minimum Gasteiger partial charge on any atom is -0.497 e. The van der Waals surface area contributed by atoms with E-state index < -0.39 is 29.8 Å². The van der Waals surface area contributed by atoms with E-state index in [0.717, 1.165) is 0 Å². The first-order valence-electron chi connectivity index (χ1n) is 8.21. The van der Waals surface area contributed by atoms with Crippen LogP contribution in [-0.2, 0) is 10.2 Å². The van der Waals surface area contributed by atoms with Crippen LogP contribution >= 0.6 is 11.6 Å². The largest absolute Gasteiger partial charge is 0.497 e. The van der Waals surface area contributed by atoms with Gasteiger partial charge in [0.25, 0.3) is 0 Å². The van der Waals surface area contributed by atoms with Crippen molar-refractivity contribution >= 4 is 23.1 Å². The summed E-state index contributed by atoms with van der Waals surface area (Å²) in [6, 6.07) is 12.0. The number of allylic oxidation sites excluding steroid dienone is 1. The highest BCUT2D eigenvalue weighted by Gasteiger charge is 2.54. The molecule has 0 fully saturated rings. The third kappa shape index (κ3) is 3.81. The van der Waals surface area contributed by atoms with Crippen LogP contribution < -0.4 is 10.1 Å². The molecule has 1 aliphatic rings. The summed E-state index contributed by atoms with van der Waals surface area (Å²) in [5, 5.41) is 3.37. The summed E-state index contributed by atoms with van der Waals surface area (Å²) in [6.45, 7) is 0. The van der Waals surface area contributed by atoms with Crippen molar-refractivity contribution in [2.24, 2.45) is 0 Å². The first-order valence-corrected chi connectivity index (χ1v) is 8.59. The number of nitrogens with one attached hydrogen (secondary N) is 1. The quantitative estimate of drug-likeness (QED) is 0.760. The Labute approximate surface area is 159 Å². The number of carbonyl (C=O) groups excluding carboxylic acids is 1. The molecule has 142 valence electrons. The van der Waals surface area contributed by atoms with E-state index in [9.17, 15) is 18.0 Å². The minimum atomic E-state index is -4.55. The van der Waals surface area contributed by atoms with Gasteiger partial charge in [0.1, 0.15) is 5.75 Å². The Balaban J connectivity index is 2.11. The van der Waals surface area contributed by atoms with E-state index in [0.29, 0.717) is 16.5 Å². The van der Waals surface area contributed by atoms with E-state index in [4.69, 9.17) is 16.3 Å². The zero-order valence-electron chi connectivity index (χ0n) is 14.4. The molecular weight excluding hydrogens is 379 g/mol. The van der Waals surface area contributed by atoms with E-state index in [-0.39, 0.29) is 5.56 Å². The van der Waals surface area contributed by atoms with Gasteiger partial charge in [0, 0.05) is 0 Å². The summed E-state index contributed by atoms with van der Waals surface area (Å²) in [5.41, 5.74) is -1.15. The van der Waals surface area contributed by atoms with Crippen LogP contribution in [0.25, 0.3) is 0 Å². The minimum absolute atomic E-state index is 0.235. The molecule has 2 atom stereocenters. The number of rotatable bonds is 5. The van der Waals surface area contributed by atoms with Crippen molar-refractivity contribution in [1.29, 1.82) is 0 Å². The molecule has 2 aromatic rings. The number of alkyl halides is 3. The fourth-order valence-electron chi connectivity index (χ4n) is 3.40. The van der Waals surface area contributed by atoms with Gasteiger partial charge in [0.2, 0.25) is 0 Å². The molecule has 7 heteroatoms. The highest BCUT2D eigenvalue weighted by Crippen LogP contribution is 2.45. The predicted molar refractivity (Wildman–Crippen MR) is 98.4 cm³/mol. The number of anilines is 1. The smallest absolute Gasteiger partial charge is 0.390 e. The number of carbonyl (C=O) groups is 1. The van der Waals surface area contributed by atoms with Crippen LogP contribution in [0.15, 0.2) is 60.7 Å². The van der Waals surface area contributed by atoms with Crippen LogP contribution in [-0.4, -0.2) is 25.1 Å². The summed E-state index contributed by atoms with van der Waals surface area (Å²) in [7, 11) is 1.42. The summed E-state index contributed by atoms with van der Waals surface area (Å²) >= 11 is 6.15. The van der Waals surface area contributed by atoms with Gasteiger partial charge in [-0.25, -0.2) is 0 Å². The molecule has 0 amide bonds. The molecule has 0 heterocycles. The van der Waals surface area contributed by atoms with Crippen molar-refractivity contribution in [2.75, 3.05) is 12.4 Å². The molecule has 3 nitrogen and oxygen atoms in total. The van der Waals surface area contributed by atoms with Gasteiger partial charge in [0.15, 0.2) is 5.78 Å². The second kappa shape index (κ2) is 7.27. The predicted octanol–water partition coefficient (Wildman–Crippen LogP) is 5.16. The van der Waals surface area contributed by atoms with E-state index in [1.54, 1.807) is 36.4 Å². The first kappa shape index (κ1) is 19.3. The second-order valence-electron chi connectivity index (χ2n) is 6.32. The first-order chi connectivity index (χ1) is 12.8. The Morgan fingerprint density at radius 2 is 1.93 bits per heavy atom. The average molecular weight is 396 g/mol. The van der Waals surface area contributed by atoms with Crippen LogP contribution in [0.2, 0.25) is 5.02 Å². The maximum Gasteiger partial charge on any atom is 0.390 e. The lowest BCUT2D eigenvalue weighted by atomic mass is 9.71. The van der Waals surface area contributed by atoms with Crippen LogP contribution in [0.5, 0.6) is 5.75 Å². The number of ether oxygens (including phenoxy) is 1. The molecule has 0 aliphatic heterocycles. The van der Waals surface area contributed by atoms with Gasteiger partial charge in [-0.15, -0.1) is 0 Å². The molecule has 0 saturated carbocycles. The van der Waals surface area contributed by atoms with Gasteiger partial charge < -0.3 is 10.1 Å².